The molecule has 0 unspecified atom stereocenters. The van der Waals surface area contributed by atoms with Crippen molar-refractivity contribution in [3.05, 3.63) is 5.56 Å². The third-order valence-corrected chi connectivity index (χ3v) is 3.54. The molecule has 1 aromatic rings. The van der Waals surface area contributed by atoms with Gasteiger partial charge in [0.1, 0.15) is 5.82 Å². The quantitative estimate of drug-likeness (QED) is 0.859. The zero-order valence-corrected chi connectivity index (χ0v) is 13.2. The summed E-state index contributed by atoms with van der Waals surface area (Å²) in [5.41, 5.74) is 0.913. The second kappa shape index (κ2) is 6.80. The van der Waals surface area contributed by atoms with Gasteiger partial charge >= 0.3 is 0 Å². The molecule has 1 fully saturated rings. The summed E-state index contributed by atoms with van der Waals surface area (Å²) >= 11 is 0. The lowest BCUT2D eigenvalue weighted by Gasteiger charge is -2.29. The molecule has 0 spiro atoms. The Morgan fingerprint density at radius 3 is 2.67 bits per heavy atom. The Labute approximate surface area is 125 Å². The summed E-state index contributed by atoms with van der Waals surface area (Å²) < 4.78 is 12.5. The Kier molecular flexibility index (Phi) is 5.06. The first kappa shape index (κ1) is 15.6. The van der Waals surface area contributed by atoms with Gasteiger partial charge in [-0.1, -0.05) is 13.8 Å². The third kappa shape index (κ3) is 3.47. The van der Waals surface area contributed by atoms with Crippen LogP contribution < -0.4 is 15.0 Å². The highest BCUT2D eigenvalue weighted by Gasteiger charge is 2.24. The number of nitrogens with zero attached hydrogens (tertiary/aromatic N) is 3. The summed E-state index contributed by atoms with van der Waals surface area (Å²) in [7, 11) is 3.49. The van der Waals surface area contributed by atoms with Crippen LogP contribution in [0.3, 0.4) is 0 Å². The fraction of sp³-hybridized carbons (Fsp3) is 0.714. The normalized spacial score (nSPS) is 15.4. The number of ether oxygens (including phenoxy) is 2. The molecule has 0 radical (unpaired) electrons. The summed E-state index contributed by atoms with van der Waals surface area (Å²) in [4.78, 5) is 14.0. The smallest absolute Gasteiger partial charge is 0.239 e. The van der Waals surface area contributed by atoms with Crippen LogP contribution in [0.25, 0.3) is 0 Å². The number of hydrogen-bond acceptors (Lipinski definition) is 5. The van der Waals surface area contributed by atoms with E-state index in [0.29, 0.717) is 25.6 Å². The molecule has 0 aliphatic carbocycles. The van der Waals surface area contributed by atoms with E-state index in [4.69, 9.17) is 9.47 Å². The zero-order chi connectivity index (χ0) is 15.4. The van der Waals surface area contributed by atoms with Crippen LogP contribution in [0.5, 0.6) is 5.88 Å². The Morgan fingerprint density at radius 1 is 1.43 bits per heavy atom. The van der Waals surface area contributed by atoms with Crippen molar-refractivity contribution in [3.8, 4) is 5.88 Å². The molecule has 21 heavy (non-hydrogen) atoms. The van der Waals surface area contributed by atoms with Crippen LogP contribution in [0, 0.1) is 5.92 Å². The van der Waals surface area contributed by atoms with Crippen molar-refractivity contribution < 1.29 is 14.3 Å². The van der Waals surface area contributed by atoms with E-state index >= 15 is 0 Å². The molecule has 0 aromatic carbocycles. The molecule has 1 aromatic heterocycles. The van der Waals surface area contributed by atoms with E-state index in [1.807, 2.05) is 20.9 Å². The zero-order valence-electron chi connectivity index (χ0n) is 13.2. The summed E-state index contributed by atoms with van der Waals surface area (Å²) in [5.74, 6) is 1.52. The number of carbonyl (C=O) groups is 1. The van der Waals surface area contributed by atoms with E-state index in [1.54, 1.807) is 11.8 Å². The van der Waals surface area contributed by atoms with Gasteiger partial charge in [0.2, 0.25) is 11.8 Å². The van der Waals surface area contributed by atoms with Crippen molar-refractivity contribution in [2.45, 2.75) is 20.4 Å². The predicted molar refractivity (Wildman–Crippen MR) is 79.5 cm³/mol. The van der Waals surface area contributed by atoms with Crippen LogP contribution in [-0.2, 0) is 23.1 Å². The average Bonchev–Trinajstić information content (AvgIpc) is 2.81. The molecule has 1 aliphatic rings. The predicted octanol–water partition coefficient (Wildman–Crippen LogP) is 0.537. The Bertz CT molecular complexity index is 493. The van der Waals surface area contributed by atoms with Gasteiger partial charge in [0, 0.05) is 26.1 Å². The standard InChI is InChI=1S/C14H24N4O3/c1-10(2)12(19)15-9-11-13(20-4)16-17(3)14(11)18-5-7-21-8-6-18/h10H,5-9H2,1-4H3,(H,15,19). The van der Waals surface area contributed by atoms with Crippen LogP contribution >= 0.6 is 0 Å². The fourth-order valence-corrected chi connectivity index (χ4v) is 2.40. The molecule has 0 atom stereocenters. The maximum Gasteiger partial charge on any atom is 0.239 e. The van der Waals surface area contributed by atoms with E-state index in [2.05, 4.69) is 15.3 Å². The topological polar surface area (TPSA) is 68.6 Å². The van der Waals surface area contributed by atoms with Gasteiger partial charge in [0.25, 0.3) is 0 Å². The number of hydrogen-bond donors (Lipinski definition) is 1. The van der Waals surface area contributed by atoms with Crippen LogP contribution in [-0.4, -0.2) is 49.1 Å². The Balaban J connectivity index is 2.22. The van der Waals surface area contributed by atoms with Gasteiger partial charge in [0.05, 0.1) is 32.4 Å². The lowest BCUT2D eigenvalue weighted by molar-refractivity contribution is -0.124. The minimum Gasteiger partial charge on any atom is -0.480 e. The number of carbonyl (C=O) groups excluding carboxylic acids is 1. The van der Waals surface area contributed by atoms with Gasteiger partial charge in [-0.15, -0.1) is 5.10 Å². The van der Waals surface area contributed by atoms with Gasteiger partial charge in [-0.3, -0.25) is 4.79 Å². The second-order valence-electron chi connectivity index (χ2n) is 5.41. The van der Waals surface area contributed by atoms with Gasteiger partial charge in [-0.25, -0.2) is 4.68 Å². The first-order valence-corrected chi connectivity index (χ1v) is 7.24. The lowest BCUT2D eigenvalue weighted by Crippen LogP contribution is -2.38. The van der Waals surface area contributed by atoms with Gasteiger partial charge < -0.3 is 19.7 Å². The van der Waals surface area contributed by atoms with E-state index in [-0.39, 0.29) is 11.8 Å². The Hall–Kier alpha value is -1.76. The largest absolute Gasteiger partial charge is 0.480 e. The molecule has 118 valence electrons. The third-order valence-electron chi connectivity index (χ3n) is 3.54. The van der Waals surface area contributed by atoms with E-state index in [1.165, 1.54) is 0 Å². The number of morpholine rings is 1. The molecule has 2 heterocycles. The van der Waals surface area contributed by atoms with Gasteiger partial charge in [-0.05, 0) is 0 Å². The van der Waals surface area contributed by atoms with E-state index in [0.717, 1.165) is 24.5 Å². The maximum absolute atomic E-state index is 11.8. The number of anilines is 1. The van der Waals surface area contributed by atoms with Crippen molar-refractivity contribution >= 4 is 11.7 Å². The highest BCUT2D eigenvalue weighted by atomic mass is 16.5. The molecule has 1 amide bonds. The summed E-state index contributed by atoms with van der Waals surface area (Å²) in [6.45, 7) is 7.19. The number of amides is 1. The minimum absolute atomic E-state index is 0.0221. The average molecular weight is 296 g/mol. The highest BCUT2D eigenvalue weighted by molar-refractivity contribution is 5.78. The van der Waals surface area contributed by atoms with Crippen LogP contribution in [0.1, 0.15) is 19.4 Å². The number of aromatic nitrogens is 2. The monoisotopic (exact) mass is 296 g/mol. The highest BCUT2D eigenvalue weighted by Crippen LogP contribution is 2.29. The van der Waals surface area contributed by atoms with Crippen LogP contribution in [0.2, 0.25) is 0 Å². The van der Waals surface area contributed by atoms with Crippen molar-refractivity contribution in [2.24, 2.45) is 13.0 Å². The molecule has 2 rings (SSSR count). The summed E-state index contributed by atoms with van der Waals surface area (Å²) in [6, 6.07) is 0. The first-order chi connectivity index (χ1) is 10.0. The van der Waals surface area contributed by atoms with Crippen molar-refractivity contribution in [2.75, 3.05) is 38.3 Å². The lowest BCUT2D eigenvalue weighted by atomic mass is 10.2. The molecular formula is C14H24N4O3. The van der Waals surface area contributed by atoms with Gasteiger partial charge in [0.15, 0.2) is 0 Å². The summed E-state index contributed by atoms with van der Waals surface area (Å²) in [6.07, 6.45) is 0. The number of nitrogens with one attached hydrogen (secondary N) is 1. The molecule has 0 bridgehead atoms. The second-order valence-corrected chi connectivity index (χ2v) is 5.41. The number of methoxy groups -OCH3 is 1. The molecule has 7 nitrogen and oxygen atoms in total. The van der Waals surface area contributed by atoms with Crippen LogP contribution in [0.15, 0.2) is 0 Å². The molecule has 1 N–H and O–H groups in total. The van der Waals surface area contributed by atoms with Crippen molar-refractivity contribution in [3.63, 3.8) is 0 Å². The van der Waals surface area contributed by atoms with Crippen molar-refractivity contribution in [1.82, 2.24) is 15.1 Å². The number of aryl methyl sites for hydroxylation is 1. The molecule has 1 aliphatic heterocycles. The molecule has 0 saturated carbocycles. The van der Waals surface area contributed by atoms with E-state index in [9.17, 15) is 4.79 Å². The maximum atomic E-state index is 11.8. The van der Waals surface area contributed by atoms with E-state index < -0.39 is 0 Å². The SMILES string of the molecule is COc1nn(C)c(N2CCOCC2)c1CNC(=O)C(C)C. The Morgan fingerprint density at radius 2 is 2.10 bits per heavy atom. The van der Waals surface area contributed by atoms with Crippen molar-refractivity contribution in [1.29, 1.82) is 0 Å². The summed E-state index contributed by atoms with van der Waals surface area (Å²) in [5, 5.41) is 7.32. The molecular weight excluding hydrogens is 272 g/mol. The first-order valence-electron chi connectivity index (χ1n) is 7.24. The van der Waals surface area contributed by atoms with Gasteiger partial charge in [-0.2, -0.15) is 0 Å². The fourth-order valence-electron chi connectivity index (χ4n) is 2.40. The van der Waals surface area contributed by atoms with Crippen LogP contribution in [0.4, 0.5) is 5.82 Å². The minimum atomic E-state index is -0.0421. The number of rotatable bonds is 5. The molecule has 7 heteroatoms. The molecule has 1 saturated heterocycles.